The Morgan fingerprint density at radius 1 is 1.11 bits per heavy atom. The Balaban J connectivity index is 2.04. The third-order valence-electron chi connectivity index (χ3n) is 4.86. The minimum Gasteiger partial charge on any atom is -0.393 e. The molecule has 2 aromatic heterocycles. The highest BCUT2D eigenvalue weighted by Crippen LogP contribution is 2.13. The summed E-state index contributed by atoms with van der Waals surface area (Å²) < 4.78 is 4.60. The maximum Gasteiger partial charge on any atom is 0.332 e. The number of fused-ring (bicyclic) bond motifs is 1. The van der Waals surface area contributed by atoms with E-state index in [1.165, 1.54) is 9.13 Å². The number of aryl methyl sites for hydroxylation is 2. The second kappa shape index (κ2) is 7.92. The molecule has 1 atom stereocenters. The first-order chi connectivity index (χ1) is 12.9. The molecular formula is C20H26N4O3. The first-order valence-electron chi connectivity index (χ1n) is 9.28. The number of rotatable bonds is 7. The van der Waals surface area contributed by atoms with E-state index in [0.717, 1.165) is 12.0 Å². The second-order valence-electron chi connectivity index (χ2n) is 7.05. The topological polar surface area (TPSA) is 82.1 Å². The molecule has 0 spiro atoms. The van der Waals surface area contributed by atoms with Crippen LogP contribution in [0.2, 0.25) is 0 Å². The van der Waals surface area contributed by atoms with Crippen LogP contribution in [0.15, 0.2) is 39.9 Å². The summed E-state index contributed by atoms with van der Waals surface area (Å²) in [5, 5.41) is 9.38. The minimum absolute atomic E-state index is 0.304. The molecule has 27 heavy (non-hydrogen) atoms. The zero-order valence-electron chi connectivity index (χ0n) is 16.1. The Labute approximate surface area is 157 Å². The van der Waals surface area contributed by atoms with Gasteiger partial charge in [0.05, 0.1) is 6.10 Å². The summed E-state index contributed by atoms with van der Waals surface area (Å²) >= 11 is 0. The Morgan fingerprint density at radius 2 is 1.81 bits per heavy atom. The zero-order valence-corrected chi connectivity index (χ0v) is 16.1. The predicted molar refractivity (Wildman–Crippen MR) is 105 cm³/mol. The third-order valence-corrected chi connectivity index (χ3v) is 4.86. The molecule has 0 fully saturated rings. The lowest BCUT2D eigenvalue weighted by Crippen LogP contribution is -2.39. The molecule has 0 saturated carbocycles. The number of unbranched alkanes of at least 4 members (excludes halogenated alkanes) is 1. The van der Waals surface area contributed by atoms with E-state index in [0.29, 0.717) is 42.9 Å². The standard InChI is InChI=1S/C20H26N4O3/c1-14(25)9-7-8-12-23-19(26)17-18(22(3)20(23)27)21-15(2)24(17)13-16-10-5-4-6-11-16/h4-6,10-11,14,25H,7-9,12-13H2,1-3H3. The molecule has 144 valence electrons. The van der Waals surface area contributed by atoms with Crippen LogP contribution in [0.5, 0.6) is 0 Å². The average molecular weight is 370 g/mol. The molecule has 0 aliphatic carbocycles. The number of aliphatic hydroxyl groups is 1. The van der Waals surface area contributed by atoms with Crippen molar-refractivity contribution >= 4 is 11.2 Å². The van der Waals surface area contributed by atoms with Crippen molar-refractivity contribution in [2.24, 2.45) is 7.05 Å². The molecule has 2 heterocycles. The quantitative estimate of drug-likeness (QED) is 0.643. The van der Waals surface area contributed by atoms with Crippen molar-refractivity contribution in [2.45, 2.75) is 52.3 Å². The molecule has 1 unspecified atom stereocenters. The number of imidazole rings is 1. The van der Waals surface area contributed by atoms with Gasteiger partial charge in [0.1, 0.15) is 5.82 Å². The van der Waals surface area contributed by atoms with Crippen LogP contribution in [0.4, 0.5) is 0 Å². The van der Waals surface area contributed by atoms with Crippen molar-refractivity contribution in [1.82, 2.24) is 18.7 Å². The van der Waals surface area contributed by atoms with E-state index in [4.69, 9.17) is 0 Å². The molecule has 0 saturated heterocycles. The van der Waals surface area contributed by atoms with E-state index in [9.17, 15) is 14.7 Å². The molecule has 3 aromatic rings. The number of aliphatic hydroxyl groups excluding tert-OH is 1. The first kappa shape index (κ1) is 19.1. The van der Waals surface area contributed by atoms with Crippen molar-refractivity contribution in [3.8, 4) is 0 Å². The number of hydrogen-bond acceptors (Lipinski definition) is 4. The molecule has 0 aliphatic rings. The number of hydrogen-bond donors (Lipinski definition) is 1. The number of aromatic nitrogens is 4. The smallest absolute Gasteiger partial charge is 0.332 e. The van der Waals surface area contributed by atoms with Gasteiger partial charge in [-0.15, -0.1) is 0 Å². The average Bonchev–Trinajstić information content (AvgIpc) is 2.96. The maximum absolute atomic E-state index is 13.1. The summed E-state index contributed by atoms with van der Waals surface area (Å²) in [6.07, 6.45) is 1.70. The van der Waals surface area contributed by atoms with E-state index >= 15 is 0 Å². The highest BCUT2D eigenvalue weighted by molar-refractivity contribution is 5.71. The van der Waals surface area contributed by atoms with Gasteiger partial charge in [0.2, 0.25) is 0 Å². The Hall–Kier alpha value is -2.67. The molecule has 1 aromatic carbocycles. The molecule has 0 radical (unpaired) electrons. The largest absolute Gasteiger partial charge is 0.393 e. The van der Waals surface area contributed by atoms with Crippen LogP contribution < -0.4 is 11.2 Å². The summed E-state index contributed by atoms with van der Waals surface area (Å²) in [6.45, 7) is 4.45. The lowest BCUT2D eigenvalue weighted by atomic mass is 10.2. The van der Waals surface area contributed by atoms with Crippen LogP contribution in [-0.2, 0) is 20.1 Å². The highest BCUT2D eigenvalue weighted by Gasteiger charge is 2.18. The highest BCUT2D eigenvalue weighted by atomic mass is 16.3. The molecule has 0 amide bonds. The van der Waals surface area contributed by atoms with Crippen LogP contribution in [0.25, 0.3) is 11.2 Å². The predicted octanol–water partition coefficient (Wildman–Crippen LogP) is 1.80. The van der Waals surface area contributed by atoms with Gasteiger partial charge in [0.25, 0.3) is 5.56 Å². The van der Waals surface area contributed by atoms with Gasteiger partial charge in [-0.2, -0.15) is 0 Å². The molecule has 3 rings (SSSR count). The van der Waals surface area contributed by atoms with E-state index < -0.39 is 0 Å². The van der Waals surface area contributed by atoms with Crippen molar-refractivity contribution in [3.05, 3.63) is 62.6 Å². The molecule has 7 nitrogen and oxygen atoms in total. The Morgan fingerprint density at radius 3 is 2.48 bits per heavy atom. The van der Waals surface area contributed by atoms with Gasteiger partial charge in [-0.1, -0.05) is 30.3 Å². The second-order valence-corrected chi connectivity index (χ2v) is 7.05. The van der Waals surface area contributed by atoms with E-state index in [1.807, 2.05) is 41.8 Å². The van der Waals surface area contributed by atoms with E-state index in [1.54, 1.807) is 14.0 Å². The fraction of sp³-hybridized carbons (Fsp3) is 0.450. The van der Waals surface area contributed by atoms with Crippen LogP contribution in [-0.4, -0.2) is 29.9 Å². The van der Waals surface area contributed by atoms with Gasteiger partial charge in [-0.25, -0.2) is 9.78 Å². The monoisotopic (exact) mass is 370 g/mol. The fourth-order valence-corrected chi connectivity index (χ4v) is 3.35. The number of benzene rings is 1. The van der Waals surface area contributed by atoms with Gasteiger partial charge in [0.15, 0.2) is 11.2 Å². The molecule has 7 heteroatoms. The van der Waals surface area contributed by atoms with Gasteiger partial charge >= 0.3 is 5.69 Å². The Kier molecular flexibility index (Phi) is 5.60. The zero-order chi connectivity index (χ0) is 19.6. The van der Waals surface area contributed by atoms with Gasteiger partial charge in [-0.05, 0) is 38.7 Å². The summed E-state index contributed by atoms with van der Waals surface area (Å²) in [6, 6.07) is 9.87. The minimum atomic E-state index is -0.373. The maximum atomic E-state index is 13.1. The number of nitrogens with zero attached hydrogens (tertiary/aromatic N) is 4. The van der Waals surface area contributed by atoms with Crippen molar-refractivity contribution in [1.29, 1.82) is 0 Å². The Bertz CT molecular complexity index is 1050. The van der Waals surface area contributed by atoms with Gasteiger partial charge in [-0.3, -0.25) is 13.9 Å². The SMILES string of the molecule is Cc1nc2c(c(=O)n(CCCCC(C)O)c(=O)n2C)n1Cc1ccccc1. The van der Waals surface area contributed by atoms with Gasteiger partial charge in [0, 0.05) is 20.1 Å². The van der Waals surface area contributed by atoms with E-state index in [2.05, 4.69) is 4.98 Å². The first-order valence-corrected chi connectivity index (χ1v) is 9.28. The van der Waals surface area contributed by atoms with Crippen molar-refractivity contribution in [3.63, 3.8) is 0 Å². The van der Waals surface area contributed by atoms with Crippen LogP contribution in [0.1, 0.15) is 37.6 Å². The van der Waals surface area contributed by atoms with E-state index in [-0.39, 0.29) is 17.4 Å². The molecular weight excluding hydrogens is 344 g/mol. The van der Waals surface area contributed by atoms with Crippen LogP contribution in [0, 0.1) is 6.92 Å². The van der Waals surface area contributed by atoms with Crippen LogP contribution in [0.3, 0.4) is 0 Å². The molecule has 1 N–H and O–H groups in total. The van der Waals surface area contributed by atoms with Crippen LogP contribution >= 0.6 is 0 Å². The molecule has 0 aliphatic heterocycles. The van der Waals surface area contributed by atoms with Crippen molar-refractivity contribution in [2.75, 3.05) is 0 Å². The summed E-state index contributed by atoms with van der Waals surface area (Å²) in [5.41, 5.74) is 1.28. The molecule has 0 bridgehead atoms. The summed E-state index contributed by atoms with van der Waals surface area (Å²) in [7, 11) is 1.65. The lowest BCUT2D eigenvalue weighted by Gasteiger charge is -2.11. The summed E-state index contributed by atoms with van der Waals surface area (Å²) in [4.78, 5) is 30.2. The normalized spacial score (nSPS) is 12.6. The summed E-state index contributed by atoms with van der Waals surface area (Å²) in [5.74, 6) is 0.702. The van der Waals surface area contributed by atoms with Gasteiger partial charge < -0.3 is 9.67 Å². The fourth-order valence-electron chi connectivity index (χ4n) is 3.35. The lowest BCUT2D eigenvalue weighted by molar-refractivity contribution is 0.180. The van der Waals surface area contributed by atoms with Crippen molar-refractivity contribution < 1.29 is 5.11 Å². The third kappa shape index (κ3) is 3.88.